The second-order valence-electron chi connectivity index (χ2n) is 4.77. The van der Waals surface area contributed by atoms with Crippen LogP contribution in [0.4, 0.5) is 0 Å². The quantitative estimate of drug-likeness (QED) is 0.833. The third-order valence-corrected chi connectivity index (χ3v) is 3.70. The van der Waals surface area contributed by atoms with Crippen molar-refractivity contribution in [2.75, 3.05) is 13.7 Å². The average Bonchev–Trinajstić information content (AvgIpc) is 3.19. The van der Waals surface area contributed by atoms with Gasteiger partial charge in [0.15, 0.2) is 0 Å². The van der Waals surface area contributed by atoms with E-state index in [1.165, 1.54) is 12.8 Å². The van der Waals surface area contributed by atoms with Gasteiger partial charge in [-0.15, -0.1) is 11.6 Å². The molecule has 1 aliphatic rings. The van der Waals surface area contributed by atoms with Gasteiger partial charge in [-0.3, -0.25) is 4.79 Å². The largest absolute Gasteiger partial charge is 0.496 e. The zero-order valence-electron chi connectivity index (χ0n) is 10.7. The molecular formula is C14H18ClNO2. The fourth-order valence-corrected chi connectivity index (χ4v) is 2.24. The molecule has 1 saturated carbocycles. The van der Waals surface area contributed by atoms with Gasteiger partial charge in [-0.25, -0.2) is 0 Å². The van der Waals surface area contributed by atoms with Crippen LogP contribution in [0.3, 0.4) is 0 Å². The van der Waals surface area contributed by atoms with E-state index in [4.69, 9.17) is 16.3 Å². The lowest BCUT2D eigenvalue weighted by atomic mass is 10.1. The van der Waals surface area contributed by atoms with Gasteiger partial charge >= 0.3 is 0 Å². The Morgan fingerprint density at radius 1 is 1.56 bits per heavy atom. The van der Waals surface area contributed by atoms with E-state index in [2.05, 4.69) is 5.32 Å². The number of methoxy groups -OCH3 is 1. The Morgan fingerprint density at radius 3 is 2.89 bits per heavy atom. The van der Waals surface area contributed by atoms with Crippen molar-refractivity contribution in [2.45, 2.75) is 25.1 Å². The van der Waals surface area contributed by atoms with Crippen molar-refractivity contribution in [1.82, 2.24) is 5.32 Å². The monoisotopic (exact) mass is 267 g/mol. The average molecular weight is 268 g/mol. The number of carbonyl (C=O) groups excluding carboxylic acids is 1. The van der Waals surface area contributed by atoms with Gasteiger partial charge in [0.1, 0.15) is 5.75 Å². The van der Waals surface area contributed by atoms with Crippen LogP contribution < -0.4 is 10.1 Å². The van der Waals surface area contributed by atoms with E-state index in [9.17, 15) is 4.79 Å². The standard InChI is InChI=1S/C14H18ClNO2/c1-9-3-6-13(18-2)11(7-9)14(17)16-8-12(15)10-4-5-10/h3,6-7,10,12H,4-5,8H2,1-2H3,(H,16,17). The van der Waals surface area contributed by atoms with Gasteiger partial charge in [0.2, 0.25) is 0 Å². The van der Waals surface area contributed by atoms with Crippen molar-refractivity contribution >= 4 is 17.5 Å². The van der Waals surface area contributed by atoms with Crippen LogP contribution in [0.2, 0.25) is 0 Å². The first kappa shape index (κ1) is 13.2. The lowest BCUT2D eigenvalue weighted by Crippen LogP contribution is -2.30. The molecule has 0 heterocycles. The van der Waals surface area contributed by atoms with E-state index in [1.807, 2.05) is 25.1 Å². The molecule has 1 aromatic rings. The summed E-state index contributed by atoms with van der Waals surface area (Å²) >= 11 is 6.17. The summed E-state index contributed by atoms with van der Waals surface area (Å²) in [6.07, 6.45) is 2.36. The summed E-state index contributed by atoms with van der Waals surface area (Å²) in [6.45, 7) is 2.47. The van der Waals surface area contributed by atoms with Gasteiger partial charge < -0.3 is 10.1 Å². The number of rotatable bonds is 5. The summed E-state index contributed by atoms with van der Waals surface area (Å²) in [4.78, 5) is 12.1. The summed E-state index contributed by atoms with van der Waals surface area (Å²) in [5, 5.41) is 2.92. The summed E-state index contributed by atoms with van der Waals surface area (Å²) in [5.41, 5.74) is 1.60. The normalized spacial score (nSPS) is 16.2. The first-order valence-electron chi connectivity index (χ1n) is 6.18. The zero-order chi connectivity index (χ0) is 13.1. The lowest BCUT2D eigenvalue weighted by Gasteiger charge is -2.12. The maximum atomic E-state index is 12.1. The van der Waals surface area contributed by atoms with E-state index in [0.717, 1.165) is 5.56 Å². The minimum atomic E-state index is -0.123. The fraction of sp³-hybridized carbons (Fsp3) is 0.500. The molecule has 0 radical (unpaired) electrons. The van der Waals surface area contributed by atoms with Crippen LogP contribution in [-0.2, 0) is 0 Å². The van der Waals surface area contributed by atoms with Crippen LogP contribution in [0, 0.1) is 12.8 Å². The van der Waals surface area contributed by atoms with E-state index < -0.39 is 0 Å². The third-order valence-electron chi connectivity index (χ3n) is 3.19. The molecule has 1 unspecified atom stereocenters. The van der Waals surface area contributed by atoms with Crippen molar-refractivity contribution in [2.24, 2.45) is 5.92 Å². The molecule has 18 heavy (non-hydrogen) atoms. The summed E-state index contributed by atoms with van der Waals surface area (Å²) in [6, 6.07) is 5.56. The first-order chi connectivity index (χ1) is 8.61. The smallest absolute Gasteiger partial charge is 0.255 e. The minimum Gasteiger partial charge on any atom is -0.496 e. The minimum absolute atomic E-state index is 0.0461. The van der Waals surface area contributed by atoms with Gasteiger partial charge in [0, 0.05) is 6.54 Å². The predicted octanol–water partition coefficient (Wildman–Crippen LogP) is 2.75. The van der Waals surface area contributed by atoms with Crippen molar-refractivity contribution in [3.8, 4) is 5.75 Å². The number of hydrogen-bond donors (Lipinski definition) is 1. The number of benzene rings is 1. The molecular weight excluding hydrogens is 250 g/mol. The third kappa shape index (κ3) is 3.16. The topological polar surface area (TPSA) is 38.3 Å². The maximum absolute atomic E-state index is 12.1. The molecule has 0 aromatic heterocycles. The Morgan fingerprint density at radius 2 is 2.28 bits per heavy atom. The van der Waals surface area contributed by atoms with Crippen LogP contribution in [0.25, 0.3) is 0 Å². The highest BCUT2D eigenvalue weighted by Gasteiger charge is 2.29. The van der Waals surface area contributed by atoms with Crippen molar-refractivity contribution in [3.63, 3.8) is 0 Å². The summed E-state index contributed by atoms with van der Waals surface area (Å²) in [7, 11) is 1.57. The van der Waals surface area contributed by atoms with Crippen molar-refractivity contribution in [3.05, 3.63) is 29.3 Å². The molecule has 0 aliphatic heterocycles. The number of halogens is 1. The molecule has 0 spiro atoms. The highest BCUT2D eigenvalue weighted by Crippen LogP contribution is 2.35. The van der Waals surface area contributed by atoms with Gasteiger partial charge in [-0.2, -0.15) is 0 Å². The van der Waals surface area contributed by atoms with Crippen molar-refractivity contribution in [1.29, 1.82) is 0 Å². The molecule has 4 heteroatoms. The van der Waals surface area contributed by atoms with Crippen LogP contribution in [0.1, 0.15) is 28.8 Å². The number of nitrogens with one attached hydrogen (secondary N) is 1. The molecule has 3 nitrogen and oxygen atoms in total. The number of amides is 1. The first-order valence-corrected chi connectivity index (χ1v) is 6.62. The number of hydrogen-bond acceptors (Lipinski definition) is 2. The van der Waals surface area contributed by atoms with Gasteiger partial charge in [0.25, 0.3) is 5.91 Å². The predicted molar refractivity (Wildman–Crippen MR) is 72.4 cm³/mol. The zero-order valence-corrected chi connectivity index (χ0v) is 11.5. The number of alkyl halides is 1. The highest BCUT2D eigenvalue weighted by atomic mass is 35.5. The Hall–Kier alpha value is -1.22. The number of aryl methyl sites for hydroxylation is 1. The molecule has 0 saturated heterocycles. The fourth-order valence-electron chi connectivity index (χ4n) is 1.91. The van der Waals surface area contributed by atoms with Gasteiger partial charge in [-0.05, 0) is 37.8 Å². The van der Waals surface area contributed by atoms with Gasteiger partial charge in [-0.1, -0.05) is 11.6 Å². The molecule has 1 N–H and O–H groups in total. The Labute approximate surface area is 112 Å². The molecule has 0 bridgehead atoms. The van der Waals surface area contributed by atoms with Crippen LogP contribution in [0.15, 0.2) is 18.2 Å². The SMILES string of the molecule is COc1ccc(C)cc1C(=O)NCC(Cl)C1CC1. The number of carbonyl (C=O) groups is 1. The van der Waals surface area contributed by atoms with E-state index >= 15 is 0 Å². The molecule has 2 rings (SSSR count). The second kappa shape index (κ2) is 5.61. The molecule has 1 aromatic carbocycles. The lowest BCUT2D eigenvalue weighted by molar-refractivity contribution is 0.0950. The van der Waals surface area contributed by atoms with Gasteiger partial charge in [0.05, 0.1) is 18.1 Å². The number of ether oxygens (including phenoxy) is 1. The Kier molecular flexibility index (Phi) is 4.12. The van der Waals surface area contributed by atoms with E-state index in [0.29, 0.717) is 23.8 Å². The van der Waals surface area contributed by atoms with Crippen LogP contribution >= 0.6 is 11.6 Å². The summed E-state index contributed by atoms with van der Waals surface area (Å²) in [5.74, 6) is 1.05. The molecule has 98 valence electrons. The summed E-state index contributed by atoms with van der Waals surface area (Å²) < 4.78 is 5.19. The van der Waals surface area contributed by atoms with Crippen LogP contribution in [0.5, 0.6) is 5.75 Å². The van der Waals surface area contributed by atoms with E-state index in [-0.39, 0.29) is 11.3 Å². The van der Waals surface area contributed by atoms with Crippen LogP contribution in [-0.4, -0.2) is 24.9 Å². The molecule has 1 fully saturated rings. The Balaban J connectivity index is 2.00. The maximum Gasteiger partial charge on any atom is 0.255 e. The second-order valence-corrected chi connectivity index (χ2v) is 5.33. The molecule has 1 amide bonds. The molecule has 1 atom stereocenters. The molecule has 1 aliphatic carbocycles. The van der Waals surface area contributed by atoms with E-state index in [1.54, 1.807) is 7.11 Å². The highest BCUT2D eigenvalue weighted by molar-refractivity contribution is 6.21. The van der Waals surface area contributed by atoms with Crippen molar-refractivity contribution < 1.29 is 9.53 Å². The Bertz CT molecular complexity index is 443.